The fourth-order valence-corrected chi connectivity index (χ4v) is 4.89. The summed E-state index contributed by atoms with van der Waals surface area (Å²) in [6.45, 7) is 2.17. The smallest absolute Gasteiger partial charge is 0.0622 e. The zero-order valence-corrected chi connectivity index (χ0v) is 12.8. The lowest BCUT2D eigenvalue weighted by atomic mass is 9.98. The van der Waals surface area contributed by atoms with E-state index in [1.54, 1.807) is 0 Å². The quantitative estimate of drug-likeness (QED) is 0.709. The van der Waals surface area contributed by atoms with Gasteiger partial charge in [0.2, 0.25) is 0 Å². The van der Waals surface area contributed by atoms with E-state index in [1.807, 2.05) is 0 Å². The van der Waals surface area contributed by atoms with Crippen molar-refractivity contribution in [1.82, 2.24) is 0 Å². The van der Waals surface area contributed by atoms with E-state index < -0.39 is 0 Å². The van der Waals surface area contributed by atoms with Crippen LogP contribution in [0.2, 0.25) is 0 Å². The molecule has 1 aliphatic rings. The molecule has 2 aromatic carbocycles. The molecule has 20 heavy (non-hydrogen) atoms. The van der Waals surface area contributed by atoms with Crippen LogP contribution in [0.5, 0.6) is 0 Å². The van der Waals surface area contributed by atoms with Crippen molar-refractivity contribution in [3.63, 3.8) is 0 Å². The maximum atomic E-state index is 2.54. The normalized spacial score (nSPS) is 16.6. The molecule has 0 radical (unpaired) electrons. The molecule has 1 fully saturated rings. The van der Waals surface area contributed by atoms with Gasteiger partial charge in [-0.25, -0.2) is 0 Å². The topological polar surface area (TPSA) is 0 Å². The molecular weight excluding hydrogens is 260 g/mol. The van der Waals surface area contributed by atoms with Crippen molar-refractivity contribution < 1.29 is 0 Å². The highest BCUT2D eigenvalue weighted by Crippen LogP contribution is 2.28. The van der Waals surface area contributed by atoms with Crippen LogP contribution in [-0.2, 0) is 10.9 Å². The first-order chi connectivity index (χ1) is 9.83. The van der Waals surface area contributed by atoms with Crippen LogP contribution in [-0.4, -0.2) is 11.5 Å². The van der Waals surface area contributed by atoms with Crippen LogP contribution in [0.1, 0.15) is 29.5 Å². The van der Waals surface area contributed by atoms with Crippen molar-refractivity contribution in [3.05, 3.63) is 76.7 Å². The molecule has 1 heteroatoms. The first kappa shape index (κ1) is 13.5. The molecule has 0 aliphatic carbocycles. The third-order valence-corrected chi connectivity index (χ3v) is 5.96. The van der Waals surface area contributed by atoms with Gasteiger partial charge >= 0.3 is 0 Å². The molecule has 102 valence electrons. The van der Waals surface area contributed by atoms with E-state index in [0.717, 1.165) is 0 Å². The van der Waals surface area contributed by atoms with E-state index in [-0.39, 0.29) is 0 Å². The second kappa shape index (κ2) is 6.32. The van der Waals surface area contributed by atoms with E-state index in [9.17, 15) is 0 Å². The Morgan fingerprint density at radius 3 is 2.30 bits per heavy atom. The van der Waals surface area contributed by atoms with Gasteiger partial charge < -0.3 is 0 Å². The molecule has 0 spiro atoms. The second-order valence-electron chi connectivity index (χ2n) is 5.42. The number of hydrogen-bond acceptors (Lipinski definition) is 0. The molecule has 3 rings (SSSR count). The Labute approximate surface area is 124 Å². The molecular formula is C19H21S+. The molecule has 0 saturated carbocycles. The third-order valence-electron chi connectivity index (χ3n) is 3.76. The summed E-state index contributed by atoms with van der Waals surface area (Å²) >= 11 is 0. The van der Waals surface area contributed by atoms with Gasteiger partial charge in [-0.15, -0.1) is 0 Å². The van der Waals surface area contributed by atoms with Crippen molar-refractivity contribution >= 4 is 16.5 Å². The Balaban J connectivity index is 2.03. The number of hydrogen-bond donors (Lipinski definition) is 0. The molecule has 1 aliphatic heterocycles. The predicted octanol–water partition coefficient (Wildman–Crippen LogP) is 4.80. The lowest BCUT2D eigenvalue weighted by Gasteiger charge is -2.08. The molecule has 0 aromatic heterocycles. The van der Waals surface area contributed by atoms with Crippen molar-refractivity contribution in [2.75, 3.05) is 11.5 Å². The van der Waals surface area contributed by atoms with Gasteiger partial charge in [0.1, 0.15) is 16.9 Å². The average Bonchev–Trinajstić information content (AvgIpc) is 2.99. The van der Waals surface area contributed by atoms with Gasteiger partial charge in [-0.2, -0.15) is 0 Å². The van der Waals surface area contributed by atoms with Gasteiger partial charge in [-0.1, -0.05) is 60.2 Å². The van der Waals surface area contributed by atoms with Crippen LogP contribution >= 0.6 is 0 Å². The SMILES string of the molecule is Cc1cccc(C(=C[S+]2CCCC2)c2ccccc2)c1. The summed E-state index contributed by atoms with van der Waals surface area (Å²) in [7, 11) is 0.473. The minimum absolute atomic E-state index is 0.473. The zero-order valence-electron chi connectivity index (χ0n) is 12.0. The highest BCUT2D eigenvalue weighted by atomic mass is 32.2. The Morgan fingerprint density at radius 1 is 0.900 bits per heavy atom. The van der Waals surface area contributed by atoms with Gasteiger partial charge in [0.15, 0.2) is 0 Å². The van der Waals surface area contributed by atoms with Crippen LogP contribution in [0.25, 0.3) is 5.57 Å². The number of benzene rings is 2. The van der Waals surface area contributed by atoms with E-state index in [1.165, 1.54) is 46.6 Å². The first-order valence-corrected chi connectivity index (χ1v) is 8.96. The second-order valence-corrected chi connectivity index (χ2v) is 7.55. The highest BCUT2D eigenvalue weighted by molar-refractivity contribution is 8.00. The Hall–Kier alpha value is -1.47. The first-order valence-electron chi connectivity index (χ1n) is 7.33. The summed E-state index contributed by atoms with van der Waals surface area (Å²) in [5, 5.41) is 2.54. The molecule has 1 heterocycles. The van der Waals surface area contributed by atoms with Gasteiger partial charge in [-0.3, -0.25) is 0 Å². The predicted molar refractivity (Wildman–Crippen MR) is 91.0 cm³/mol. The van der Waals surface area contributed by atoms with E-state index in [2.05, 4.69) is 66.9 Å². The Bertz CT molecular complexity index is 592. The fourth-order valence-electron chi connectivity index (χ4n) is 2.69. The third kappa shape index (κ3) is 3.16. The van der Waals surface area contributed by atoms with Crippen molar-refractivity contribution in [1.29, 1.82) is 0 Å². The lowest BCUT2D eigenvalue weighted by Crippen LogP contribution is -2.00. The molecule has 0 amide bonds. The van der Waals surface area contributed by atoms with Crippen LogP contribution < -0.4 is 0 Å². The standard InChI is InChI=1S/C19H21S/c1-16-8-7-11-18(14-16)19(15-20-12-5-6-13-20)17-9-3-2-4-10-17/h2-4,7-11,14-15H,5-6,12-13H2,1H3/q+1. The van der Waals surface area contributed by atoms with Gasteiger partial charge in [-0.05, 0) is 30.9 Å². The molecule has 0 N–H and O–H groups in total. The van der Waals surface area contributed by atoms with Crippen LogP contribution in [0, 0.1) is 6.92 Å². The fraction of sp³-hybridized carbons (Fsp3) is 0.263. The van der Waals surface area contributed by atoms with Crippen LogP contribution in [0.3, 0.4) is 0 Å². The minimum Gasteiger partial charge on any atom is -0.0622 e. The molecule has 2 aromatic rings. The van der Waals surface area contributed by atoms with Crippen LogP contribution in [0.4, 0.5) is 0 Å². The molecule has 0 nitrogen and oxygen atoms in total. The number of aryl methyl sites for hydroxylation is 1. The number of rotatable bonds is 3. The van der Waals surface area contributed by atoms with Gasteiger partial charge in [0.05, 0.1) is 0 Å². The van der Waals surface area contributed by atoms with E-state index in [0.29, 0.717) is 10.9 Å². The highest BCUT2D eigenvalue weighted by Gasteiger charge is 2.23. The lowest BCUT2D eigenvalue weighted by molar-refractivity contribution is 0.949. The maximum absolute atomic E-state index is 2.54. The van der Waals surface area contributed by atoms with Crippen molar-refractivity contribution in [3.8, 4) is 0 Å². The van der Waals surface area contributed by atoms with Gasteiger partial charge in [0.25, 0.3) is 0 Å². The summed E-state index contributed by atoms with van der Waals surface area (Å²) in [6.07, 6.45) is 2.80. The summed E-state index contributed by atoms with van der Waals surface area (Å²) in [4.78, 5) is 0. The van der Waals surface area contributed by atoms with E-state index in [4.69, 9.17) is 0 Å². The van der Waals surface area contributed by atoms with E-state index >= 15 is 0 Å². The maximum Gasteiger partial charge on any atom is 0.127 e. The Morgan fingerprint density at radius 2 is 1.60 bits per heavy atom. The largest absolute Gasteiger partial charge is 0.127 e. The average molecular weight is 281 g/mol. The Kier molecular flexibility index (Phi) is 4.27. The molecule has 0 unspecified atom stereocenters. The van der Waals surface area contributed by atoms with Gasteiger partial charge in [0, 0.05) is 16.5 Å². The zero-order chi connectivity index (χ0) is 13.8. The summed E-state index contributed by atoms with van der Waals surface area (Å²) in [5.74, 6) is 2.75. The molecule has 0 bridgehead atoms. The molecule has 0 atom stereocenters. The van der Waals surface area contributed by atoms with Crippen LogP contribution in [0.15, 0.2) is 60.0 Å². The summed E-state index contributed by atoms with van der Waals surface area (Å²) in [5.41, 5.74) is 5.45. The summed E-state index contributed by atoms with van der Waals surface area (Å²) in [6, 6.07) is 19.7. The summed E-state index contributed by atoms with van der Waals surface area (Å²) < 4.78 is 0. The minimum atomic E-state index is 0.473. The monoisotopic (exact) mass is 281 g/mol. The van der Waals surface area contributed by atoms with Crippen molar-refractivity contribution in [2.24, 2.45) is 0 Å². The molecule has 1 saturated heterocycles. The van der Waals surface area contributed by atoms with Crippen molar-refractivity contribution in [2.45, 2.75) is 19.8 Å².